The summed E-state index contributed by atoms with van der Waals surface area (Å²) in [6.07, 6.45) is 17.0. The number of likely N-dealkylation sites (tertiary alicyclic amines) is 1. The third-order valence-electron chi connectivity index (χ3n) is 12.4. The molecule has 4 aromatic carbocycles. The van der Waals surface area contributed by atoms with Crippen molar-refractivity contribution in [3.05, 3.63) is 136 Å². The average molecular weight is 824 g/mol. The van der Waals surface area contributed by atoms with Crippen LogP contribution in [-0.4, -0.2) is 46.8 Å². The molecular formula is C51H67ClN2O5. The summed E-state index contributed by atoms with van der Waals surface area (Å²) in [6.45, 7) is 4.31. The number of aliphatic hydroxyl groups excluding tert-OH is 1. The number of piperidine rings is 1. The van der Waals surface area contributed by atoms with E-state index in [1.54, 1.807) is 0 Å². The first-order valence-corrected chi connectivity index (χ1v) is 22.9. The number of carbonyl (C=O) groups is 1. The number of anilines is 1. The van der Waals surface area contributed by atoms with Gasteiger partial charge in [-0.2, -0.15) is 0 Å². The SMILES string of the molecule is CCCCCCCCCCCCCCCC(=O)Nc1cccc(C2OC(CN3CCC(O)(c4ccc(Cl)cc4)CC3)C(c3ccccc3)C(c3ccc(CO)cc3)O2)c1. The highest BCUT2D eigenvalue weighted by atomic mass is 35.5. The lowest BCUT2D eigenvalue weighted by molar-refractivity contribution is -0.264. The largest absolute Gasteiger partial charge is 0.392 e. The average Bonchev–Trinajstić information content (AvgIpc) is 3.26. The molecule has 4 unspecified atom stereocenters. The monoisotopic (exact) mass is 822 g/mol. The fourth-order valence-electron chi connectivity index (χ4n) is 8.86. The first-order valence-electron chi connectivity index (χ1n) is 22.5. The van der Waals surface area contributed by atoms with Crippen molar-refractivity contribution in [2.45, 2.75) is 146 Å². The second-order valence-corrected chi connectivity index (χ2v) is 17.3. The minimum atomic E-state index is -0.909. The van der Waals surface area contributed by atoms with E-state index in [1.165, 1.54) is 70.6 Å². The van der Waals surface area contributed by atoms with Crippen molar-refractivity contribution in [1.29, 1.82) is 0 Å². The van der Waals surface area contributed by atoms with E-state index < -0.39 is 11.9 Å². The van der Waals surface area contributed by atoms with E-state index in [0.717, 1.165) is 46.3 Å². The minimum Gasteiger partial charge on any atom is -0.392 e. The van der Waals surface area contributed by atoms with Gasteiger partial charge in [0.05, 0.1) is 24.4 Å². The highest BCUT2D eigenvalue weighted by Gasteiger charge is 2.44. The molecule has 1 amide bonds. The lowest BCUT2D eigenvalue weighted by Crippen LogP contribution is -2.49. The van der Waals surface area contributed by atoms with Gasteiger partial charge in [-0.15, -0.1) is 0 Å². The number of nitrogens with one attached hydrogen (secondary N) is 1. The summed E-state index contributed by atoms with van der Waals surface area (Å²) in [6, 6.07) is 33.8. The minimum absolute atomic E-state index is 0.0303. The molecular weight excluding hydrogens is 756 g/mol. The van der Waals surface area contributed by atoms with E-state index in [1.807, 2.05) is 78.9 Å². The first kappa shape index (κ1) is 45.0. The van der Waals surface area contributed by atoms with Crippen LogP contribution in [0.4, 0.5) is 5.69 Å². The van der Waals surface area contributed by atoms with Crippen LogP contribution in [-0.2, 0) is 26.5 Å². The number of unbranched alkanes of at least 4 members (excludes halogenated alkanes) is 12. The zero-order valence-corrected chi connectivity index (χ0v) is 36.0. The Labute approximate surface area is 358 Å². The Bertz CT molecular complexity index is 1810. The molecule has 2 aliphatic rings. The molecule has 6 rings (SSSR count). The number of ether oxygens (including phenoxy) is 2. The van der Waals surface area contributed by atoms with Crippen molar-refractivity contribution in [2.24, 2.45) is 0 Å². The fourth-order valence-corrected chi connectivity index (χ4v) is 8.99. The molecule has 7 nitrogen and oxygen atoms in total. The zero-order chi connectivity index (χ0) is 41.3. The number of carbonyl (C=O) groups excluding carboxylic acids is 1. The van der Waals surface area contributed by atoms with Gasteiger partial charge in [0.1, 0.15) is 0 Å². The number of halogens is 1. The highest BCUT2D eigenvalue weighted by Crippen LogP contribution is 2.47. The summed E-state index contributed by atoms with van der Waals surface area (Å²) < 4.78 is 14.0. The maximum Gasteiger partial charge on any atom is 0.224 e. The molecule has 59 heavy (non-hydrogen) atoms. The molecule has 0 saturated carbocycles. The van der Waals surface area contributed by atoms with Crippen LogP contribution in [0.5, 0.6) is 0 Å². The van der Waals surface area contributed by atoms with Crippen LogP contribution < -0.4 is 5.32 Å². The predicted octanol–water partition coefficient (Wildman–Crippen LogP) is 12.2. The van der Waals surface area contributed by atoms with Gasteiger partial charge in [0, 0.05) is 48.2 Å². The lowest BCUT2D eigenvalue weighted by Gasteiger charge is -2.46. The van der Waals surface area contributed by atoms with Gasteiger partial charge in [-0.3, -0.25) is 4.79 Å². The van der Waals surface area contributed by atoms with Crippen LogP contribution in [0.25, 0.3) is 0 Å². The van der Waals surface area contributed by atoms with Crippen molar-refractivity contribution in [3.63, 3.8) is 0 Å². The molecule has 2 fully saturated rings. The lowest BCUT2D eigenvalue weighted by atomic mass is 9.81. The molecule has 2 aliphatic heterocycles. The van der Waals surface area contributed by atoms with Gasteiger partial charge >= 0.3 is 0 Å². The molecule has 0 aliphatic carbocycles. The van der Waals surface area contributed by atoms with Crippen LogP contribution in [0.15, 0.2) is 103 Å². The zero-order valence-electron chi connectivity index (χ0n) is 35.2. The second-order valence-electron chi connectivity index (χ2n) is 16.9. The van der Waals surface area contributed by atoms with Gasteiger partial charge in [0.15, 0.2) is 6.29 Å². The Morgan fingerprint density at radius 1 is 0.729 bits per heavy atom. The Morgan fingerprint density at radius 2 is 1.34 bits per heavy atom. The number of benzene rings is 4. The van der Waals surface area contributed by atoms with Crippen molar-refractivity contribution < 1.29 is 24.5 Å². The predicted molar refractivity (Wildman–Crippen MR) is 239 cm³/mol. The molecule has 0 radical (unpaired) electrons. The summed E-state index contributed by atoms with van der Waals surface area (Å²) >= 11 is 6.16. The number of hydrogen-bond donors (Lipinski definition) is 3. The Morgan fingerprint density at radius 3 is 1.97 bits per heavy atom. The van der Waals surface area contributed by atoms with Gasteiger partial charge in [-0.1, -0.05) is 174 Å². The molecule has 0 spiro atoms. The van der Waals surface area contributed by atoms with Gasteiger partial charge in [0.2, 0.25) is 5.91 Å². The van der Waals surface area contributed by atoms with Crippen LogP contribution in [0.1, 0.15) is 156 Å². The molecule has 2 heterocycles. The summed E-state index contributed by atoms with van der Waals surface area (Å²) in [7, 11) is 0. The quantitative estimate of drug-likeness (QED) is 0.0684. The van der Waals surface area contributed by atoms with Crippen molar-refractivity contribution in [1.82, 2.24) is 4.90 Å². The molecule has 4 atom stereocenters. The molecule has 3 N–H and O–H groups in total. The van der Waals surface area contributed by atoms with Gasteiger partial charge < -0.3 is 29.9 Å². The van der Waals surface area contributed by atoms with Crippen LogP contribution in [0, 0.1) is 0 Å². The van der Waals surface area contributed by atoms with Gasteiger partial charge in [-0.05, 0) is 65.8 Å². The Balaban J connectivity index is 1.09. The molecule has 0 aromatic heterocycles. The van der Waals surface area contributed by atoms with Crippen LogP contribution in [0.3, 0.4) is 0 Å². The molecule has 0 bridgehead atoms. The van der Waals surface area contributed by atoms with E-state index in [4.69, 9.17) is 21.1 Å². The van der Waals surface area contributed by atoms with Gasteiger partial charge in [0.25, 0.3) is 0 Å². The molecule has 318 valence electrons. The van der Waals surface area contributed by atoms with Gasteiger partial charge in [-0.25, -0.2) is 0 Å². The van der Waals surface area contributed by atoms with Crippen LogP contribution >= 0.6 is 11.6 Å². The second kappa shape index (κ2) is 23.4. The smallest absolute Gasteiger partial charge is 0.224 e. The maximum atomic E-state index is 13.1. The van der Waals surface area contributed by atoms with Crippen molar-refractivity contribution in [3.8, 4) is 0 Å². The fraction of sp³-hybridized carbons (Fsp3) is 0.510. The maximum absolute atomic E-state index is 13.1. The highest BCUT2D eigenvalue weighted by molar-refractivity contribution is 6.30. The molecule has 4 aromatic rings. The number of rotatable bonds is 22. The number of amides is 1. The van der Waals surface area contributed by atoms with E-state index in [9.17, 15) is 15.0 Å². The van der Waals surface area contributed by atoms with E-state index in [2.05, 4.69) is 41.4 Å². The molecule has 8 heteroatoms. The van der Waals surface area contributed by atoms with Crippen molar-refractivity contribution in [2.75, 3.05) is 25.0 Å². The van der Waals surface area contributed by atoms with E-state index in [0.29, 0.717) is 43.9 Å². The van der Waals surface area contributed by atoms with E-state index in [-0.39, 0.29) is 30.6 Å². The van der Waals surface area contributed by atoms with E-state index >= 15 is 0 Å². The normalized spacial score (nSPS) is 20.7. The third kappa shape index (κ3) is 13.5. The van der Waals surface area contributed by atoms with Crippen LogP contribution in [0.2, 0.25) is 5.02 Å². The first-order chi connectivity index (χ1) is 28.8. The summed E-state index contributed by atoms with van der Waals surface area (Å²) in [4.78, 5) is 15.5. The number of nitrogens with zero attached hydrogens (tertiary/aromatic N) is 1. The number of hydrogen-bond acceptors (Lipinski definition) is 6. The number of aliphatic hydroxyl groups is 2. The molecule has 2 saturated heterocycles. The summed E-state index contributed by atoms with van der Waals surface area (Å²) in [5, 5.41) is 25.3. The topological polar surface area (TPSA) is 91.3 Å². The Kier molecular flexibility index (Phi) is 17.9. The summed E-state index contributed by atoms with van der Waals surface area (Å²) in [5.41, 5.74) is 4.53. The summed E-state index contributed by atoms with van der Waals surface area (Å²) in [5.74, 6) is -0.101. The standard InChI is InChI=1S/C51H67ClN2O5/c1-2-3-4-5-6-7-8-9-10-11-12-13-17-23-47(56)53-45-22-18-21-42(36-45)50-58-46(37-54-34-32-51(57,33-35-54)43-28-30-44(52)31-29-43)48(40-19-15-14-16-20-40)49(59-50)41-26-24-39(38-55)25-27-41/h14-16,18-22,24-31,36,46,48-50,55,57H,2-13,17,23,32-35,37-38H2,1H3,(H,53,56). The Hall–Kier alpha value is -3.56. The van der Waals surface area contributed by atoms with Crippen molar-refractivity contribution >= 4 is 23.2 Å². The third-order valence-corrected chi connectivity index (χ3v) is 12.7.